The lowest BCUT2D eigenvalue weighted by atomic mass is 10.0. The largest absolute Gasteiger partial charge is 0.454 e. The Morgan fingerprint density at radius 2 is 2.12 bits per heavy atom. The summed E-state index contributed by atoms with van der Waals surface area (Å²) in [7, 11) is 4.18. The summed E-state index contributed by atoms with van der Waals surface area (Å²) in [4.78, 5) is 6.62. The molecule has 140 valence electrons. The first-order valence-corrected chi connectivity index (χ1v) is 9.04. The fourth-order valence-electron chi connectivity index (χ4n) is 3.69. The van der Waals surface area contributed by atoms with Crippen LogP contribution in [0.2, 0.25) is 0 Å². The number of aryl methyl sites for hydroxylation is 1. The fraction of sp³-hybridized carbons (Fsp3) is 0.526. The van der Waals surface area contributed by atoms with Crippen LogP contribution in [0.3, 0.4) is 0 Å². The highest BCUT2D eigenvalue weighted by Gasteiger charge is 2.33. The van der Waals surface area contributed by atoms with Crippen molar-refractivity contribution in [3.8, 4) is 11.5 Å². The van der Waals surface area contributed by atoms with Crippen LogP contribution in [0.5, 0.6) is 11.5 Å². The predicted molar refractivity (Wildman–Crippen MR) is 97.3 cm³/mol. The molecule has 26 heavy (non-hydrogen) atoms. The average Bonchev–Trinajstić information content (AvgIpc) is 3.27. The number of morpholine rings is 1. The molecule has 1 fully saturated rings. The van der Waals surface area contributed by atoms with Crippen molar-refractivity contribution in [2.45, 2.75) is 25.1 Å². The van der Waals surface area contributed by atoms with Gasteiger partial charge in [0.15, 0.2) is 11.5 Å². The van der Waals surface area contributed by atoms with Crippen molar-refractivity contribution in [2.75, 3.05) is 33.5 Å². The molecule has 7 nitrogen and oxygen atoms in total. The molecule has 4 rings (SSSR count). The quantitative estimate of drug-likeness (QED) is 0.881. The van der Waals surface area contributed by atoms with Crippen molar-refractivity contribution in [2.24, 2.45) is 7.05 Å². The number of likely N-dealkylation sites (N-methyl/N-ethyl adjacent to an activating group) is 1. The fourth-order valence-corrected chi connectivity index (χ4v) is 3.69. The van der Waals surface area contributed by atoms with E-state index in [1.165, 1.54) is 11.3 Å². The second-order valence-corrected chi connectivity index (χ2v) is 7.01. The summed E-state index contributed by atoms with van der Waals surface area (Å²) >= 11 is 0. The molecule has 2 aliphatic heterocycles. The summed E-state index contributed by atoms with van der Waals surface area (Å²) in [6, 6.07) is 6.48. The molecule has 1 saturated heterocycles. The van der Waals surface area contributed by atoms with Gasteiger partial charge in [-0.25, -0.2) is 4.98 Å². The molecule has 7 heteroatoms. The number of rotatable bonds is 5. The number of ether oxygens (including phenoxy) is 3. The Bertz CT molecular complexity index is 763. The zero-order valence-electron chi connectivity index (χ0n) is 15.5. The topological polar surface area (TPSA) is 60.8 Å². The zero-order chi connectivity index (χ0) is 18.1. The van der Waals surface area contributed by atoms with Gasteiger partial charge < -0.3 is 24.1 Å². The highest BCUT2D eigenvalue weighted by molar-refractivity contribution is 5.45. The average molecular weight is 358 g/mol. The van der Waals surface area contributed by atoms with E-state index in [2.05, 4.69) is 39.8 Å². The maximum atomic E-state index is 6.11. The molecule has 1 aromatic carbocycles. The highest BCUT2D eigenvalue weighted by atomic mass is 16.7. The molecule has 0 aliphatic carbocycles. The normalized spacial score (nSPS) is 24.0. The van der Waals surface area contributed by atoms with Gasteiger partial charge in [-0.2, -0.15) is 0 Å². The zero-order valence-corrected chi connectivity index (χ0v) is 15.5. The van der Waals surface area contributed by atoms with Gasteiger partial charge in [-0.3, -0.25) is 4.90 Å². The summed E-state index contributed by atoms with van der Waals surface area (Å²) in [5.41, 5.74) is 2.35. The van der Waals surface area contributed by atoms with E-state index in [4.69, 9.17) is 14.2 Å². The standard InChI is InChI=1S/C19H26N4O3/c1-13(14-4-5-16-17(8-14)26-12-25-16)21-10-18-19(22(2)6-7-24-18)15-9-20-11-23(15)3/h4-5,8-9,11,13,18-19,21H,6-7,10,12H2,1-3H3/t13?,18-,19-/m0/s1. The molecular formula is C19H26N4O3. The van der Waals surface area contributed by atoms with Crippen LogP contribution in [-0.4, -0.2) is 54.1 Å². The van der Waals surface area contributed by atoms with Gasteiger partial charge in [0.2, 0.25) is 6.79 Å². The molecule has 0 saturated carbocycles. The van der Waals surface area contributed by atoms with E-state index in [-0.39, 0.29) is 18.2 Å². The van der Waals surface area contributed by atoms with Crippen LogP contribution in [0.4, 0.5) is 0 Å². The minimum Gasteiger partial charge on any atom is -0.454 e. The summed E-state index contributed by atoms with van der Waals surface area (Å²) in [6.07, 6.45) is 3.85. The molecule has 0 amide bonds. The number of nitrogens with one attached hydrogen (secondary N) is 1. The lowest BCUT2D eigenvalue weighted by Gasteiger charge is -2.39. The summed E-state index contributed by atoms with van der Waals surface area (Å²) in [6.45, 7) is 4.88. The molecule has 0 radical (unpaired) electrons. The summed E-state index contributed by atoms with van der Waals surface area (Å²) in [5, 5.41) is 3.61. The lowest BCUT2D eigenvalue weighted by Crippen LogP contribution is -2.48. The van der Waals surface area contributed by atoms with Crippen molar-refractivity contribution >= 4 is 0 Å². The monoisotopic (exact) mass is 358 g/mol. The van der Waals surface area contributed by atoms with E-state index in [1.807, 2.05) is 31.7 Å². The number of hydrogen-bond donors (Lipinski definition) is 1. The van der Waals surface area contributed by atoms with Crippen LogP contribution in [0.15, 0.2) is 30.7 Å². The Morgan fingerprint density at radius 3 is 2.92 bits per heavy atom. The number of aromatic nitrogens is 2. The summed E-state index contributed by atoms with van der Waals surface area (Å²) in [5.74, 6) is 1.63. The van der Waals surface area contributed by atoms with Crippen LogP contribution >= 0.6 is 0 Å². The third-order valence-electron chi connectivity index (χ3n) is 5.28. The Hall–Kier alpha value is -2.09. The van der Waals surface area contributed by atoms with Gasteiger partial charge in [-0.05, 0) is 31.7 Å². The molecule has 2 aliphatic rings. The third-order valence-corrected chi connectivity index (χ3v) is 5.28. The van der Waals surface area contributed by atoms with Crippen molar-refractivity contribution in [1.29, 1.82) is 0 Å². The SMILES string of the molecule is CC(NC[C@@H]1OCCN(C)[C@H]1c1cncn1C)c1ccc2c(c1)OCO2. The Balaban J connectivity index is 1.44. The van der Waals surface area contributed by atoms with Crippen molar-refractivity contribution in [3.05, 3.63) is 42.0 Å². The molecular weight excluding hydrogens is 332 g/mol. The predicted octanol–water partition coefficient (Wildman–Crippen LogP) is 1.87. The molecule has 3 heterocycles. The number of benzene rings is 1. The molecule has 1 aromatic heterocycles. The second-order valence-electron chi connectivity index (χ2n) is 7.01. The Kier molecular flexibility index (Phi) is 4.84. The van der Waals surface area contributed by atoms with E-state index in [0.717, 1.165) is 31.2 Å². The molecule has 1 unspecified atom stereocenters. The van der Waals surface area contributed by atoms with Gasteiger partial charge in [0.05, 0.1) is 30.8 Å². The van der Waals surface area contributed by atoms with Gasteiger partial charge >= 0.3 is 0 Å². The van der Waals surface area contributed by atoms with Crippen LogP contribution in [0.1, 0.15) is 30.3 Å². The van der Waals surface area contributed by atoms with Crippen LogP contribution in [-0.2, 0) is 11.8 Å². The molecule has 2 aromatic rings. The number of nitrogens with zero attached hydrogens (tertiary/aromatic N) is 3. The number of fused-ring (bicyclic) bond motifs is 1. The summed E-state index contributed by atoms with van der Waals surface area (Å²) < 4.78 is 19.1. The molecule has 3 atom stereocenters. The van der Waals surface area contributed by atoms with Gasteiger partial charge in [0.1, 0.15) is 0 Å². The Morgan fingerprint density at radius 1 is 1.27 bits per heavy atom. The van der Waals surface area contributed by atoms with E-state index >= 15 is 0 Å². The minimum atomic E-state index is 0.0700. The maximum Gasteiger partial charge on any atom is 0.231 e. The first-order valence-electron chi connectivity index (χ1n) is 9.04. The van der Waals surface area contributed by atoms with Crippen molar-refractivity contribution in [1.82, 2.24) is 19.8 Å². The van der Waals surface area contributed by atoms with E-state index in [9.17, 15) is 0 Å². The van der Waals surface area contributed by atoms with Crippen molar-refractivity contribution in [3.63, 3.8) is 0 Å². The van der Waals surface area contributed by atoms with Crippen LogP contribution in [0.25, 0.3) is 0 Å². The van der Waals surface area contributed by atoms with E-state index in [1.54, 1.807) is 0 Å². The van der Waals surface area contributed by atoms with E-state index in [0.29, 0.717) is 6.79 Å². The third kappa shape index (κ3) is 3.30. The van der Waals surface area contributed by atoms with Crippen LogP contribution < -0.4 is 14.8 Å². The van der Waals surface area contributed by atoms with E-state index < -0.39 is 0 Å². The molecule has 0 bridgehead atoms. The number of imidazole rings is 1. The maximum absolute atomic E-state index is 6.11. The number of hydrogen-bond acceptors (Lipinski definition) is 6. The van der Waals surface area contributed by atoms with Gasteiger partial charge in [-0.15, -0.1) is 0 Å². The first-order chi connectivity index (χ1) is 12.6. The van der Waals surface area contributed by atoms with Gasteiger partial charge in [0, 0.05) is 32.4 Å². The van der Waals surface area contributed by atoms with Gasteiger partial charge in [-0.1, -0.05) is 6.07 Å². The van der Waals surface area contributed by atoms with Crippen LogP contribution in [0, 0.1) is 0 Å². The molecule has 1 N–H and O–H groups in total. The van der Waals surface area contributed by atoms with Gasteiger partial charge in [0.25, 0.3) is 0 Å². The lowest BCUT2D eigenvalue weighted by molar-refractivity contribution is -0.0643. The molecule has 0 spiro atoms. The Labute approximate surface area is 153 Å². The second kappa shape index (κ2) is 7.26. The highest BCUT2D eigenvalue weighted by Crippen LogP contribution is 2.34. The first kappa shape index (κ1) is 17.3. The minimum absolute atomic E-state index is 0.0700. The van der Waals surface area contributed by atoms with Crippen molar-refractivity contribution < 1.29 is 14.2 Å². The smallest absolute Gasteiger partial charge is 0.231 e.